The maximum Gasteiger partial charge on any atom is 0.131 e. The SMILES string of the molecule is NCCCCCCOCc1ccc(F)cc1F. The summed E-state index contributed by atoms with van der Waals surface area (Å²) in [6, 6.07) is 3.53. The van der Waals surface area contributed by atoms with Crippen LogP contribution in [0.1, 0.15) is 31.2 Å². The fraction of sp³-hybridized carbons (Fsp3) is 0.538. The molecule has 17 heavy (non-hydrogen) atoms. The number of halogens is 2. The van der Waals surface area contributed by atoms with Crippen molar-refractivity contribution in [1.29, 1.82) is 0 Å². The van der Waals surface area contributed by atoms with E-state index in [1.807, 2.05) is 0 Å². The largest absolute Gasteiger partial charge is 0.377 e. The molecule has 4 heteroatoms. The molecule has 0 radical (unpaired) electrons. The number of hydrogen-bond donors (Lipinski definition) is 1. The van der Waals surface area contributed by atoms with E-state index >= 15 is 0 Å². The van der Waals surface area contributed by atoms with Gasteiger partial charge in [0, 0.05) is 18.2 Å². The van der Waals surface area contributed by atoms with Gasteiger partial charge >= 0.3 is 0 Å². The second-order valence-corrected chi connectivity index (χ2v) is 3.99. The van der Waals surface area contributed by atoms with Crippen molar-refractivity contribution in [3.63, 3.8) is 0 Å². The van der Waals surface area contributed by atoms with Crippen molar-refractivity contribution in [3.8, 4) is 0 Å². The number of hydrogen-bond acceptors (Lipinski definition) is 2. The van der Waals surface area contributed by atoms with Crippen LogP contribution in [0.15, 0.2) is 18.2 Å². The molecular weight excluding hydrogens is 224 g/mol. The van der Waals surface area contributed by atoms with Crippen LogP contribution in [0.3, 0.4) is 0 Å². The molecule has 2 N–H and O–H groups in total. The molecule has 0 atom stereocenters. The van der Waals surface area contributed by atoms with E-state index in [4.69, 9.17) is 10.5 Å². The van der Waals surface area contributed by atoms with Gasteiger partial charge in [-0.25, -0.2) is 8.78 Å². The second-order valence-electron chi connectivity index (χ2n) is 3.99. The monoisotopic (exact) mass is 243 g/mol. The summed E-state index contributed by atoms with van der Waals surface area (Å²) >= 11 is 0. The third kappa shape index (κ3) is 5.75. The van der Waals surface area contributed by atoms with Gasteiger partial charge in [-0.1, -0.05) is 18.9 Å². The van der Waals surface area contributed by atoms with Gasteiger partial charge < -0.3 is 10.5 Å². The summed E-state index contributed by atoms with van der Waals surface area (Å²) in [5.41, 5.74) is 5.77. The van der Waals surface area contributed by atoms with Crippen molar-refractivity contribution in [2.24, 2.45) is 5.73 Å². The van der Waals surface area contributed by atoms with Crippen LogP contribution < -0.4 is 5.73 Å². The first-order valence-electron chi connectivity index (χ1n) is 5.96. The predicted octanol–water partition coefficient (Wildman–Crippen LogP) is 3.00. The molecule has 0 aliphatic rings. The molecule has 0 amide bonds. The van der Waals surface area contributed by atoms with Gasteiger partial charge in [-0.05, 0) is 25.5 Å². The summed E-state index contributed by atoms with van der Waals surface area (Å²) < 4.78 is 31.1. The van der Waals surface area contributed by atoms with E-state index in [2.05, 4.69) is 0 Å². The highest BCUT2D eigenvalue weighted by Crippen LogP contribution is 2.11. The number of benzene rings is 1. The van der Waals surface area contributed by atoms with Gasteiger partial charge in [-0.15, -0.1) is 0 Å². The number of unbranched alkanes of at least 4 members (excludes halogenated alkanes) is 3. The Labute approximate surface area is 101 Å². The maximum atomic E-state index is 13.2. The smallest absolute Gasteiger partial charge is 0.131 e. The molecule has 0 aliphatic heterocycles. The Balaban J connectivity index is 2.14. The molecule has 1 aromatic carbocycles. The highest BCUT2D eigenvalue weighted by molar-refractivity contribution is 5.17. The highest BCUT2D eigenvalue weighted by Gasteiger charge is 2.03. The van der Waals surface area contributed by atoms with Crippen molar-refractivity contribution in [2.75, 3.05) is 13.2 Å². The lowest BCUT2D eigenvalue weighted by Gasteiger charge is -2.05. The third-order valence-electron chi connectivity index (χ3n) is 2.52. The quantitative estimate of drug-likeness (QED) is 0.712. The summed E-state index contributed by atoms with van der Waals surface area (Å²) in [5, 5.41) is 0. The molecule has 0 aliphatic carbocycles. The molecule has 2 nitrogen and oxygen atoms in total. The minimum Gasteiger partial charge on any atom is -0.377 e. The van der Waals surface area contributed by atoms with E-state index in [0.717, 1.165) is 38.3 Å². The van der Waals surface area contributed by atoms with Crippen molar-refractivity contribution in [3.05, 3.63) is 35.4 Å². The summed E-state index contributed by atoms with van der Waals surface area (Å²) in [5.74, 6) is -1.11. The molecule has 0 saturated heterocycles. The molecule has 0 unspecified atom stereocenters. The van der Waals surface area contributed by atoms with Gasteiger partial charge in [0.2, 0.25) is 0 Å². The Morgan fingerprint density at radius 1 is 1.06 bits per heavy atom. The van der Waals surface area contributed by atoms with E-state index in [1.54, 1.807) is 0 Å². The lowest BCUT2D eigenvalue weighted by Crippen LogP contribution is -2.00. The molecular formula is C13H19F2NO. The van der Waals surface area contributed by atoms with Crippen LogP contribution in [0, 0.1) is 11.6 Å². The zero-order valence-corrected chi connectivity index (χ0v) is 9.92. The summed E-state index contributed by atoms with van der Waals surface area (Å²) in [7, 11) is 0. The minimum absolute atomic E-state index is 0.197. The van der Waals surface area contributed by atoms with Crippen LogP contribution in [0.2, 0.25) is 0 Å². The lowest BCUT2D eigenvalue weighted by atomic mass is 10.2. The first-order valence-corrected chi connectivity index (χ1v) is 5.96. The highest BCUT2D eigenvalue weighted by atomic mass is 19.1. The Morgan fingerprint density at radius 3 is 2.53 bits per heavy atom. The van der Waals surface area contributed by atoms with Gasteiger partial charge in [0.25, 0.3) is 0 Å². The Hall–Kier alpha value is -1.00. The zero-order chi connectivity index (χ0) is 12.5. The van der Waals surface area contributed by atoms with Gasteiger partial charge in [0.1, 0.15) is 11.6 Å². The predicted molar refractivity (Wildman–Crippen MR) is 63.5 cm³/mol. The molecule has 0 spiro atoms. The van der Waals surface area contributed by atoms with Gasteiger partial charge in [0.15, 0.2) is 0 Å². The number of ether oxygens (including phenoxy) is 1. The summed E-state index contributed by atoms with van der Waals surface area (Å²) in [6.45, 7) is 1.52. The molecule has 0 fully saturated rings. The molecule has 0 bridgehead atoms. The molecule has 96 valence electrons. The average molecular weight is 243 g/mol. The zero-order valence-electron chi connectivity index (χ0n) is 9.92. The topological polar surface area (TPSA) is 35.2 Å². The fourth-order valence-corrected chi connectivity index (χ4v) is 1.52. The first-order chi connectivity index (χ1) is 8.24. The normalized spacial score (nSPS) is 10.8. The van der Waals surface area contributed by atoms with E-state index < -0.39 is 11.6 Å². The van der Waals surface area contributed by atoms with Crippen LogP contribution in [-0.2, 0) is 11.3 Å². The van der Waals surface area contributed by atoms with Crippen molar-refractivity contribution in [2.45, 2.75) is 32.3 Å². The van der Waals surface area contributed by atoms with Crippen LogP contribution in [0.25, 0.3) is 0 Å². The molecule has 0 heterocycles. The average Bonchev–Trinajstić information content (AvgIpc) is 2.30. The Bertz CT molecular complexity index is 331. The number of rotatable bonds is 8. The van der Waals surface area contributed by atoms with Crippen LogP contribution >= 0.6 is 0 Å². The minimum atomic E-state index is -0.562. The standard InChI is InChI=1S/C13H19F2NO/c14-12-6-5-11(13(15)9-12)10-17-8-4-2-1-3-7-16/h5-6,9H,1-4,7-8,10,16H2. The van der Waals surface area contributed by atoms with E-state index in [0.29, 0.717) is 12.2 Å². The van der Waals surface area contributed by atoms with E-state index in [9.17, 15) is 8.78 Å². The van der Waals surface area contributed by atoms with Gasteiger partial charge in [0.05, 0.1) is 6.61 Å². The van der Waals surface area contributed by atoms with E-state index in [1.165, 1.54) is 12.1 Å². The van der Waals surface area contributed by atoms with Crippen LogP contribution in [-0.4, -0.2) is 13.2 Å². The van der Waals surface area contributed by atoms with Crippen LogP contribution in [0.5, 0.6) is 0 Å². The Kier molecular flexibility index (Phi) is 6.74. The van der Waals surface area contributed by atoms with Crippen molar-refractivity contribution >= 4 is 0 Å². The second kappa shape index (κ2) is 8.14. The number of nitrogens with two attached hydrogens (primary N) is 1. The summed E-state index contributed by atoms with van der Waals surface area (Å²) in [6.07, 6.45) is 4.16. The molecule has 1 aromatic rings. The van der Waals surface area contributed by atoms with Crippen molar-refractivity contribution in [1.82, 2.24) is 0 Å². The molecule has 0 aromatic heterocycles. The lowest BCUT2D eigenvalue weighted by molar-refractivity contribution is 0.114. The van der Waals surface area contributed by atoms with Gasteiger partial charge in [-0.3, -0.25) is 0 Å². The maximum absolute atomic E-state index is 13.2. The Morgan fingerprint density at radius 2 is 1.82 bits per heavy atom. The first kappa shape index (κ1) is 14.1. The van der Waals surface area contributed by atoms with Crippen molar-refractivity contribution < 1.29 is 13.5 Å². The summed E-state index contributed by atoms with van der Waals surface area (Å²) in [4.78, 5) is 0. The van der Waals surface area contributed by atoms with Gasteiger partial charge in [-0.2, -0.15) is 0 Å². The molecule has 1 rings (SSSR count). The van der Waals surface area contributed by atoms with Crippen LogP contribution in [0.4, 0.5) is 8.78 Å². The molecule has 0 saturated carbocycles. The third-order valence-corrected chi connectivity index (χ3v) is 2.52. The van der Waals surface area contributed by atoms with E-state index in [-0.39, 0.29) is 6.61 Å². The fourth-order valence-electron chi connectivity index (χ4n) is 1.52.